The summed E-state index contributed by atoms with van der Waals surface area (Å²) in [4.78, 5) is 3.74. The fraction of sp³-hybridized carbons (Fsp3) is 0.154. The van der Waals surface area contributed by atoms with Crippen molar-refractivity contribution in [2.45, 2.75) is 11.3 Å². The number of rotatable bonds is 3. The monoisotopic (exact) mass is 333 g/mol. The number of hydrogen-bond acceptors (Lipinski definition) is 5. The molecule has 1 aromatic carbocycles. The van der Waals surface area contributed by atoms with Crippen LogP contribution in [-0.4, -0.2) is 31.1 Å². The second-order valence-corrected chi connectivity index (χ2v) is 6.34. The number of aromatic hydroxyl groups is 1. The molecule has 118 valence electrons. The zero-order valence-corrected chi connectivity index (χ0v) is 11.9. The average Bonchev–Trinajstić information content (AvgIpc) is 2.39. The van der Waals surface area contributed by atoms with Crippen molar-refractivity contribution >= 4 is 9.84 Å². The van der Waals surface area contributed by atoms with Crippen LogP contribution in [0, 0.1) is 0 Å². The summed E-state index contributed by atoms with van der Waals surface area (Å²) in [5, 5.41) is 9.41. The third kappa shape index (κ3) is 3.67. The first-order valence-electron chi connectivity index (χ1n) is 5.82. The van der Waals surface area contributed by atoms with Crippen LogP contribution in [0.25, 0.3) is 11.3 Å². The van der Waals surface area contributed by atoms with Crippen molar-refractivity contribution in [1.82, 2.24) is 4.98 Å². The minimum absolute atomic E-state index is 0.0305. The molecule has 0 bridgehead atoms. The van der Waals surface area contributed by atoms with Crippen molar-refractivity contribution < 1.29 is 31.4 Å². The first-order valence-corrected chi connectivity index (χ1v) is 7.71. The maximum absolute atomic E-state index is 12.3. The predicted octanol–water partition coefficient (Wildman–Crippen LogP) is 2.76. The van der Waals surface area contributed by atoms with Gasteiger partial charge in [0.2, 0.25) is 0 Å². The van der Waals surface area contributed by atoms with Crippen LogP contribution < -0.4 is 4.74 Å². The van der Waals surface area contributed by atoms with Gasteiger partial charge in [-0.3, -0.25) is 4.98 Å². The second-order valence-electron chi connectivity index (χ2n) is 4.35. The van der Waals surface area contributed by atoms with Crippen LogP contribution in [0.15, 0.2) is 41.4 Å². The van der Waals surface area contributed by atoms with Gasteiger partial charge < -0.3 is 9.84 Å². The summed E-state index contributed by atoms with van der Waals surface area (Å²) < 4.78 is 63.9. The Kier molecular flexibility index (Phi) is 4.01. The Morgan fingerprint density at radius 3 is 2.50 bits per heavy atom. The molecule has 22 heavy (non-hydrogen) atoms. The molecule has 0 aliphatic rings. The lowest BCUT2D eigenvalue weighted by molar-refractivity contribution is -0.275. The van der Waals surface area contributed by atoms with Crippen LogP contribution >= 0.6 is 0 Å². The third-order valence-electron chi connectivity index (χ3n) is 2.63. The quantitative estimate of drug-likeness (QED) is 0.935. The van der Waals surface area contributed by atoms with Crippen LogP contribution in [0.4, 0.5) is 13.2 Å². The highest BCUT2D eigenvalue weighted by atomic mass is 32.2. The average molecular weight is 333 g/mol. The number of phenols is 1. The summed E-state index contributed by atoms with van der Waals surface area (Å²) in [7, 11) is -3.63. The molecule has 0 saturated carbocycles. The summed E-state index contributed by atoms with van der Waals surface area (Å²) >= 11 is 0. The Balaban J connectivity index is 2.58. The van der Waals surface area contributed by atoms with Gasteiger partial charge in [0.25, 0.3) is 0 Å². The van der Waals surface area contributed by atoms with E-state index < -0.39 is 27.7 Å². The van der Waals surface area contributed by atoms with E-state index in [0.29, 0.717) is 0 Å². The van der Waals surface area contributed by atoms with E-state index in [2.05, 4.69) is 9.72 Å². The maximum Gasteiger partial charge on any atom is 0.573 e. The molecule has 0 fully saturated rings. The van der Waals surface area contributed by atoms with Gasteiger partial charge in [-0.25, -0.2) is 8.42 Å². The smallest absolute Gasteiger partial charge is 0.504 e. The number of sulfone groups is 1. The molecule has 0 saturated heterocycles. The summed E-state index contributed by atoms with van der Waals surface area (Å²) in [6, 6.07) is 5.77. The molecule has 0 aliphatic carbocycles. The molecule has 0 aliphatic heterocycles. The number of pyridine rings is 1. The fourth-order valence-electron chi connectivity index (χ4n) is 1.77. The van der Waals surface area contributed by atoms with Gasteiger partial charge in [-0.2, -0.15) is 0 Å². The van der Waals surface area contributed by atoms with Crippen LogP contribution in [0.2, 0.25) is 0 Å². The van der Waals surface area contributed by atoms with E-state index in [0.717, 1.165) is 18.4 Å². The highest BCUT2D eigenvalue weighted by Crippen LogP contribution is 2.36. The van der Waals surface area contributed by atoms with E-state index in [1.807, 2.05) is 0 Å². The lowest BCUT2D eigenvalue weighted by Gasteiger charge is -2.12. The molecule has 0 atom stereocenters. The second kappa shape index (κ2) is 5.48. The van der Waals surface area contributed by atoms with E-state index in [1.54, 1.807) is 0 Å². The van der Waals surface area contributed by atoms with Gasteiger partial charge >= 0.3 is 6.36 Å². The fourth-order valence-corrected chi connectivity index (χ4v) is 2.62. The molecular weight excluding hydrogens is 323 g/mol. The molecule has 1 N–H and O–H groups in total. The molecule has 1 heterocycles. The normalized spacial score (nSPS) is 12.2. The van der Waals surface area contributed by atoms with Gasteiger partial charge in [0.15, 0.2) is 21.3 Å². The molecule has 1 aromatic heterocycles. The van der Waals surface area contributed by atoms with Gasteiger partial charge in [0.1, 0.15) is 0 Å². The topological polar surface area (TPSA) is 76.5 Å². The van der Waals surface area contributed by atoms with Crippen molar-refractivity contribution in [3.63, 3.8) is 0 Å². The van der Waals surface area contributed by atoms with Crippen molar-refractivity contribution in [3.05, 3.63) is 36.5 Å². The Morgan fingerprint density at radius 1 is 1.23 bits per heavy atom. The van der Waals surface area contributed by atoms with Crippen molar-refractivity contribution in [3.8, 4) is 22.8 Å². The predicted molar refractivity (Wildman–Crippen MR) is 71.1 cm³/mol. The Bertz CT molecular complexity index is 803. The van der Waals surface area contributed by atoms with Crippen LogP contribution in [0.1, 0.15) is 0 Å². The molecule has 0 radical (unpaired) electrons. The molecule has 9 heteroatoms. The van der Waals surface area contributed by atoms with Gasteiger partial charge in [0, 0.05) is 18.0 Å². The molecule has 2 rings (SSSR count). The highest BCUT2D eigenvalue weighted by molar-refractivity contribution is 7.90. The van der Waals surface area contributed by atoms with E-state index in [-0.39, 0.29) is 16.2 Å². The van der Waals surface area contributed by atoms with Crippen LogP contribution in [0.5, 0.6) is 11.5 Å². The number of halogens is 3. The van der Waals surface area contributed by atoms with Gasteiger partial charge in [-0.05, 0) is 30.3 Å². The largest absolute Gasteiger partial charge is 0.573 e. The molecule has 5 nitrogen and oxygen atoms in total. The molecule has 0 spiro atoms. The first kappa shape index (κ1) is 16.1. The van der Waals surface area contributed by atoms with Crippen LogP contribution in [-0.2, 0) is 9.84 Å². The number of ether oxygens (including phenoxy) is 1. The van der Waals surface area contributed by atoms with Crippen molar-refractivity contribution in [2.75, 3.05) is 6.26 Å². The highest BCUT2D eigenvalue weighted by Gasteiger charge is 2.32. The van der Waals surface area contributed by atoms with E-state index in [1.165, 1.54) is 24.4 Å². The van der Waals surface area contributed by atoms with Gasteiger partial charge in [-0.1, -0.05) is 0 Å². The standard InChI is InChI=1S/C13H10F3NO4S/c1-22(19,20)11-3-2-6-17-12(11)8-4-5-9(18)10(7-8)21-13(14,15)16/h2-7,18H,1H3. The first-order chi connectivity index (χ1) is 10.1. The lowest BCUT2D eigenvalue weighted by Crippen LogP contribution is -2.17. The number of hydrogen-bond donors (Lipinski definition) is 1. The Labute approximate surface area is 123 Å². The van der Waals surface area contributed by atoms with Crippen molar-refractivity contribution in [1.29, 1.82) is 0 Å². The zero-order valence-electron chi connectivity index (χ0n) is 11.1. The molecular formula is C13H10F3NO4S. The van der Waals surface area contributed by atoms with E-state index in [4.69, 9.17) is 0 Å². The number of nitrogens with zero attached hydrogens (tertiary/aromatic N) is 1. The minimum atomic E-state index is -4.99. The van der Waals surface area contributed by atoms with Gasteiger partial charge in [-0.15, -0.1) is 13.2 Å². The maximum atomic E-state index is 12.3. The Hall–Kier alpha value is -2.29. The Morgan fingerprint density at radius 2 is 1.91 bits per heavy atom. The molecule has 0 amide bonds. The number of aromatic nitrogens is 1. The van der Waals surface area contributed by atoms with Gasteiger partial charge in [0.05, 0.1) is 10.6 Å². The summed E-state index contributed by atoms with van der Waals surface area (Å²) in [6.45, 7) is 0. The van der Waals surface area contributed by atoms with E-state index in [9.17, 15) is 26.7 Å². The zero-order chi connectivity index (χ0) is 16.5. The summed E-state index contributed by atoms with van der Waals surface area (Å²) in [6.07, 6.45) is -2.72. The lowest BCUT2D eigenvalue weighted by atomic mass is 10.1. The van der Waals surface area contributed by atoms with Crippen LogP contribution in [0.3, 0.4) is 0 Å². The minimum Gasteiger partial charge on any atom is -0.504 e. The number of benzene rings is 1. The SMILES string of the molecule is CS(=O)(=O)c1cccnc1-c1ccc(O)c(OC(F)(F)F)c1. The summed E-state index contributed by atoms with van der Waals surface area (Å²) in [5.74, 6) is -1.56. The third-order valence-corrected chi connectivity index (χ3v) is 3.76. The summed E-state index contributed by atoms with van der Waals surface area (Å²) in [5.41, 5.74) is 0.0371. The molecule has 2 aromatic rings. The number of phenolic OH excluding ortho intramolecular Hbond substituents is 1. The molecule has 0 unspecified atom stereocenters. The van der Waals surface area contributed by atoms with E-state index >= 15 is 0 Å². The van der Waals surface area contributed by atoms with Crippen molar-refractivity contribution in [2.24, 2.45) is 0 Å². The number of alkyl halides is 3.